The molecule has 33 heavy (non-hydrogen) atoms. The van der Waals surface area contributed by atoms with Crippen LogP contribution in [-0.4, -0.2) is 60.2 Å². The average molecular weight is 451 g/mol. The van der Waals surface area contributed by atoms with Crippen LogP contribution in [0.25, 0.3) is 0 Å². The van der Waals surface area contributed by atoms with Crippen LogP contribution in [0.3, 0.4) is 0 Å². The van der Waals surface area contributed by atoms with Crippen LogP contribution in [0, 0.1) is 5.92 Å². The topological polar surface area (TPSA) is 81.8 Å². The summed E-state index contributed by atoms with van der Waals surface area (Å²) in [7, 11) is 0. The van der Waals surface area contributed by atoms with E-state index in [2.05, 4.69) is 17.6 Å². The first-order chi connectivity index (χ1) is 15.9. The van der Waals surface area contributed by atoms with Crippen LogP contribution >= 0.6 is 0 Å². The number of likely N-dealkylation sites (tertiary alicyclic amines) is 1. The van der Waals surface area contributed by atoms with Gasteiger partial charge in [-0.2, -0.15) is 0 Å². The Morgan fingerprint density at radius 1 is 0.939 bits per heavy atom. The smallest absolute Gasteiger partial charge is 0.253 e. The molecule has 176 valence electrons. The molecule has 1 aliphatic rings. The molecular formula is C26H34N4O3. The highest BCUT2D eigenvalue weighted by Crippen LogP contribution is 2.20. The minimum Gasteiger partial charge on any atom is -0.376 e. The quantitative estimate of drug-likeness (QED) is 0.635. The van der Waals surface area contributed by atoms with Gasteiger partial charge in [0.2, 0.25) is 5.91 Å². The predicted molar refractivity (Wildman–Crippen MR) is 132 cm³/mol. The fraction of sp³-hybridized carbons (Fsp3) is 0.423. The molecule has 2 N–H and O–H groups in total. The van der Waals surface area contributed by atoms with E-state index in [1.165, 1.54) is 0 Å². The lowest BCUT2D eigenvalue weighted by Crippen LogP contribution is -2.37. The van der Waals surface area contributed by atoms with Gasteiger partial charge in [0.15, 0.2) is 0 Å². The standard InChI is InChI=1S/C26H34N4O3/c1-4-29(5-2)25(32)20-8-6-10-22(16-20)27-18-24(31)28-23-11-7-9-21(17-23)26(33)30-14-12-19(3)13-15-30/h6-11,16-17,19,27H,4-5,12-15,18H2,1-3H3,(H,28,31). The Kier molecular flexibility index (Phi) is 8.46. The molecule has 0 aromatic heterocycles. The highest BCUT2D eigenvalue weighted by atomic mass is 16.2. The van der Waals surface area contributed by atoms with Crippen molar-refractivity contribution in [1.29, 1.82) is 0 Å². The van der Waals surface area contributed by atoms with Gasteiger partial charge in [-0.3, -0.25) is 14.4 Å². The lowest BCUT2D eigenvalue weighted by atomic mass is 9.98. The van der Waals surface area contributed by atoms with Gasteiger partial charge in [0, 0.05) is 48.7 Å². The summed E-state index contributed by atoms with van der Waals surface area (Å²) in [5.41, 5.74) is 2.45. The zero-order valence-electron chi connectivity index (χ0n) is 19.8. The SMILES string of the molecule is CCN(CC)C(=O)c1cccc(NCC(=O)Nc2cccc(C(=O)N3CCC(C)CC3)c2)c1. The number of anilines is 2. The summed E-state index contributed by atoms with van der Waals surface area (Å²) >= 11 is 0. The maximum Gasteiger partial charge on any atom is 0.253 e. The van der Waals surface area contributed by atoms with Crippen molar-refractivity contribution in [2.75, 3.05) is 43.4 Å². The number of carbonyl (C=O) groups excluding carboxylic acids is 3. The van der Waals surface area contributed by atoms with E-state index in [9.17, 15) is 14.4 Å². The summed E-state index contributed by atoms with van der Waals surface area (Å²) in [4.78, 5) is 41.5. The molecule has 0 bridgehead atoms. The second-order valence-corrected chi connectivity index (χ2v) is 8.52. The Morgan fingerprint density at radius 3 is 2.21 bits per heavy atom. The molecule has 2 aromatic rings. The van der Waals surface area contributed by atoms with Crippen LogP contribution in [0.4, 0.5) is 11.4 Å². The minimum atomic E-state index is -0.230. The van der Waals surface area contributed by atoms with Crippen LogP contribution in [0.1, 0.15) is 54.3 Å². The Morgan fingerprint density at radius 2 is 1.55 bits per heavy atom. The number of nitrogens with zero attached hydrogens (tertiary/aromatic N) is 2. The monoisotopic (exact) mass is 450 g/mol. The van der Waals surface area contributed by atoms with E-state index in [4.69, 9.17) is 0 Å². The molecule has 7 heteroatoms. The lowest BCUT2D eigenvalue weighted by Gasteiger charge is -2.30. The number of hydrogen-bond acceptors (Lipinski definition) is 4. The summed E-state index contributed by atoms with van der Waals surface area (Å²) in [5, 5.41) is 5.91. The van der Waals surface area contributed by atoms with Crippen LogP contribution in [-0.2, 0) is 4.79 Å². The molecule has 0 aliphatic carbocycles. The first-order valence-electron chi connectivity index (χ1n) is 11.7. The maximum absolute atomic E-state index is 12.8. The van der Waals surface area contributed by atoms with Gasteiger partial charge in [-0.15, -0.1) is 0 Å². The van der Waals surface area contributed by atoms with Crippen molar-refractivity contribution in [3.05, 3.63) is 59.7 Å². The first-order valence-corrected chi connectivity index (χ1v) is 11.7. The van der Waals surface area contributed by atoms with E-state index < -0.39 is 0 Å². The molecule has 7 nitrogen and oxygen atoms in total. The Balaban J connectivity index is 1.56. The van der Waals surface area contributed by atoms with Gasteiger partial charge in [-0.05, 0) is 69.0 Å². The summed E-state index contributed by atoms with van der Waals surface area (Å²) < 4.78 is 0. The van der Waals surface area contributed by atoms with Gasteiger partial charge >= 0.3 is 0 Å². The normalized spacial score (nSPS) is 14.0. The zero-order valence-corrected chi connectivity index (χ0v) is 19.8. The fourth-order valence-corrected chi connectivity index (χ4v) is 3.97. The lowest BCUT2D eigenvalue weighted by molar-refractivity contribution is -0.114. The minimum absolute atomic E-state index is 0.00538. The van der Waals surface area contributed by atoms with Gasteiger partial charge in [0.1, 0.15) is 0 Å². The van der Waals surface area contributed by atoms with Crippen molar-refractivity contribution in [2.45, 2.75) is 33.6 Å². The third-order valence-electron chi connectivity index (χ3n) is 6.08. The second kappa shape index (κ2) is 11.5. The summed E-state index contributed by atoms with van der Waals surface area (Å²) in [6, 6.07) is 14.2. The molecule has 0 spiro atoms. The molecule has 2 aromatic carbocycles. The van der Waals surface area contributed by atoms with E-state index in [1.54, 1.807) is 47.4 Å². The number of hydrogen-bond donors (Lipinski definition) is 2. The number of nitrogens with one attached hydrogen (secondary N) is 2. The van der Waals surface area contributed by atoms with Crippen molar-refractivity contribution < 1.29 is 14.4 Å². The summed E-state index contributed by atoms with van der Waals surface area (Å²) in [5.74, 6) is 0.402. The van der Waals surface area contributed by atoms with Crippen LogP contribution in [0.15, 0.2) is 48.5 Å². The number of benzene rings is 2. The number of amides is 3. The maximum atomic E-state index is 12.8. The van der Waals surface area contributed by atoms with Gasteiger partial charge in [-0.25, -0.2) is 0 Å². The van der Waals surface area contributed by atoms with E-state index in [0.29, 0.717) is 41.5 Å². The number of piperidine rings is 1. The molecule has 0 saturated carbocycles. The largest absolute Gasteiger partial charge is 0.376 e. The molecule has 0 atom stereocenters. The van der Waals surface area contributed by atoms with Gasteiger partial charge in [0.25, 0.3) is 11.8 Å². The molecule has 0 radical (unpaired) electrons. The predicted octanol–water partition coefficient (Wildman–Crippen LogP) is 4.09. The molecular weight excluding hydrogens is 416 g/mol. The Labute approximate surface area is 196 Å². The van der Waals surface area contributed by atoms with Gasteiger partial charge in [-0.1, -0.05) is 19.1 Å². The third kappa shape index (κ3) is 6.57. The van der Waals surface area contributed by atoms with E-state index in [1.807, 2.05) is 24.8 Å². The molecule has 1 fully saturated rings. The Bertz CT molecular complexity index is 979. The van der Waals surface area contributed by atoms with Gasteiger partial charge in [0.05, 0.1) is 6.54 Å². The van der Waals surface area contributed by atoms with Crippen molar-refractivity contribution in [3.63, 3.8) is 0 Å². The molecule has 1 saturated heterocycles. The van der Waals surface area contributed by atoms with Crippen molar-refractivity contribution in [3.8, 4) is 0 Å². The average Bonchev–Trinajstić information content (AvgIpc) is 2.84. The highest BCUT2D eigenvalue weighted by molar-refractivity contribution is 5.98. The highest BCUT2D eigenvalue weighted by Gasteiger charge is 2.21. The molecule has 1 heterocycles. The fourth-order valence-electron chi connectivity index (χ4n) is 3.97. The van der Waals surface area contributed by atoms with Crippen LogP contribution < -0.4 is 10.6 Å². The van der Waals surface area contributed by atoms with Crippen LogP contribution in [0.5, 0.6) is 0 Å². The first kappa shape index (κ1) is 24.3. The van der Waals surface area contributed by atoms with Crippen molar-refractivity contribution in [1.82, 2.24) is 9.80 Å². The third-order valence-corrected chi connectivity index (χ3v) is 6.08. The van der Waals surface area contributed by atoms with E-state index in [0.717, 1.165) is 25.9 Å². The number of carbonyl (C=O) groups is 3. The second-order valence-electron chi connectivity index (χ2n) is 8.52. The summed E-state index contributed by atoms with van der Waals surface area (Å²) in [6.45, 7) is 9.00. The Hall–Kier alpha value is -3.35. The zero-order chi connectivity index (χ0) is 23.8. The summed E-state index contributed by atoms with van der Waals surface area (Å²) in [6.07, 6.45) is 2.05. The van der Waals surface area contributed by atoms with E-state index >= 15 is 0 Å². The molecule has 0 unspecified atom stereocenters. The van der Waals surface area contributed by atoms with Crippen molar-refractivity contribution in [2.24, 2.45) is 5.92 Å². The molecule has 1 aliphatic heterocycles. The van der Waals surface area contributed by atoms with Crippen molar-refractivity contribution >= 4 is 29.1 Å². The number of rotatable bonds is 8. The molecule has 3 amide bonds. The molecule has 3 rings (SSSR count). The van der Waals surface area contributed by atoms with E-state index in [-0.39, 0.29) is 24.3 Å². The van der Waals surface area contributed by atoms with Crippen LogP contribution in [0.2, 0.25) is 0 Å². The van der Waals surface area contributed by atoms with Gasteiger partial charge < -0.3 is 20.4 Å².